The highest BCUT2D eigenvalue weighted by Gasteiger charge is 2.29. The number of hydrogen-bond donors (Lipinski definition) is 3. The summed E-state index contributed by atoms with van der Waals surface area (Å²) in [5, 5.41) is 14.5. The van der Waals surface area contributed by atoms with Gasteiger partial charge in [-0.1, -0.05) is 0 Å². The molecule has 1 fully saturated rings. The largest absolute Gasteiger partial charge is 0.368 e. The van der Waals surface area contributed by atoms with Crippen molar-refractivity contribution in [3.63, 3.8) is 0 Å². The summed E-state index contributed by atoms with van der Waals surface area (Å²) in [6.45, 7) is 5.92. The van der Waals surface area contributed by atoms with Crippen molar-refractivity contribution in [3.8, 4) is 0 Å². The minimum Gasteiger partial charge on any atom is -0.368 e. The Kier molecular flexibility index (Phi) is 3.92. The Hall–Kier alpha value is -1.89. The summed E-state index contributed by atoms with van der Waals surface area (Å²) in [5.41, 5.74) is 0.756. The molecule has 1 aliphatic rings. The van der Waals surface area contributed by atoms with Crippen molar-refractivity contribution in [1.29, 1.82) is 0 Å². The van der Waals surface area contributed by atoms with Crippen molar-refractivity contribution in [2.24, 2.45) is 0 Å². The van der Waals surface area contributed by atoms with Gasteiger partial charge in [0.1, 0.15) is 5.82 Å². The summed E-state index contributed by atoms with van der Waals surface area (Å²) < 4.78 is 0. The molecular weight excluding hydrogens is 266 g/mol. The third-order valence-electron chi connectivity index (χ3n) is 4.03. The van der Waals surface area contributed by atoms with Gasteiger partial charge in [-0.15, -0.1) is 0 Å². The lowest BCUT2D eigenvalue weighted by Gasteiger charge is -2.25. The standard InChI is InChI=1S/C14H23N7/c1-4-15-14-18-12(11-8-17-20-13(11)19-14)16-7-9(2)21(3)10-5-6-10/h8-10H,4-7H2,1-3H3,(H3,15,16,17,18,19,20). The molecule has 1 aliphatic carbocycles. The first-order valence-electron chi connectivity index (χ1n) is 7.59. The van der Waals surface area contributed by atoms with Crippen LogP contribution in [0.1, 0.15) is 26.7 Å². The van der Waals surface area contributed by atoms with E-state index in [1.807, 2.05) is 6.92 Å². The zero-order chi connectivity index (χ0) is 14.8. The Bertz CT molecular complexity index is 604. The van der Waals surface area contributed by atoms with Crippen LogP contribution in [0.15, 0.2) is 6.20 Å². The lowest BCUT2D eigenvalue weighted by atomic mass is 10.3. The Balaban J connectivity index is 1.73. The molecule has 1 atom stereocenters. The van der Waals surface area contributed by atoms with E-state index in [0.29, 0.717) is 12.0 Å². The van der Waals surface area contributed by atoms with Crippen LogP contribution in [-0.2, 0) is 0 Å². The number of anilines is 2. The second-order valence-corrected chi connectivity index (χ2v) is 5.68. The number of fused-ring (bicyclic) bond motifs is 1. The van der Waals surface area contributed by atoms with Crippen molar-refractivity contribution in [2.75, 3.05) is 30.8 Å². The third kappa shape index (κ3) is 3.07. The van der Waals surface area contributed by atoms with Crippen LogP contribution in [0, 0.1) is 0 Å². The van der Waals surface area contributed by atoms with Crippen LogP contribution in [0.4, 0.5) is 11.8 Å². The second kappa shape index (κ2) is 5.85. The van der Waals surface area contributed by atoms with Gasteiger partial charge >= 0.3 is 0 Å². The fourth-order valence-corrected chi connectivity index (χ4v) is 2.44. The molecule has 21 heavy (non-hydrogen) atoms. The number of likely N-dealkylation sites (N-methyl/N-ethyl adjacent to an activating group) is 1. The number of aromatic amines is 1. The van der Waals surface area contributed by atoms with E-state index in [9.17, 15) is 0 Å². The topological polar surface area (TPSA) is 81.8 Å². The van der Waals surface area contributed by atoms with Crippen LogP contribution in [0.3, 0.4) is 0 Å². The summed E-state index contributed by atoms with van der Waals surface area (Å²) in [7, 11) is 2.20. The normalized spacial score (nSPS) is 16.4. The average molecular weight is 289 g/mol. The molecule has 0 aromatic carbocycles. The zero-order valence-corrected chi connectivity index (χ0v) is 12.8. The maximum absolute atomic E-state index is 4.54. The van der Waals surface area contributed by atoms with E-state index in [2.05, 4.69) is 49.7 Å². The minimum atomic E-state index is 0.469. The molecule has 1 unspecified atom stereocenters. The van der Waals surface area contributed by atoms with E-state index >= 15 is 0 Å². The van der Waals surface area contributed by atoms with Crippen molar-refractivity contribution in [1.82, 2.24) is 25.1 Å². The molecule has 114 valence electrons. The Morgan fingerprint density at radius 1 is 1.38 bits per heavy atom. The maximum Gasteiger partial charge on any atom is 0.226 e. The highest BCUT2D eigenvalue weighted by atomic mass is 15.2. The summed E-state index contributed by atoms with van der Waals surface area (Å²) in [6, 6.07) is 1.23. The van der Waals surface area contributed by atoms with Gasteiger partial charge in [-0.2, -0.15) is 15.1 Å². The summed E-state index contributed by atoms with van der Waals surface area (Å²) in [6.07, 6.45) is 4.42. The van der Waals surface area contributed by atoms with Crippen LogP contribution in [0.25, 0.3) is 11.0 Å². The van der Waals surface area contributed by atoms with Gasteiger partial charge in [0, 0.05) is 25.2 Å². The van der Waals surface area contributed by atoms with E-state index in [1.165, 1.54) is 12.8 Å². The van der Waals surface area contributed by atoms with Crippen LogP contribution in [-0.4, -0.2) is 57.3 Å². The predicted octanol–water partition coefficient (Wildman–Crippen LogP) is 1.68. The van der Waals surface area contributed by atoms with Crippen LogP contribution in [0.2, 0.25) is 0 Å². The number of hydrogen-bond acceptors (Lipinski definition) is 6. The molecule has 2 aromatic heterocycles. The van der Waals surface area contributed by atoms with E-state index < -0.39 is 0 Å². The molecule has 0 saturated heterocycles. The van der Waals surface area contributed by atoms with Gasteiger partial charge in [-0.25, -0.2) is 0 Å². The lowest BCUT2D eigenvalue weighted by molar-refractivity contribution is 0.257. The summed E-state index contributed by atoms with van der Waals surface area (Å²) in [4.78, 5) is 11.4. The molecule has 0 amide bonds. The van der Waals surface area contributed by atoms with Crippen molar-refractivity contribution < 1.29 is 0 Å². The number of H-pyrrole nitrogens is 1. The van der Waals surface area contributed by atoms with Crippen molar-refractivity contribution in [3.05, 3.63) is 6.20 Å². The number of nitrogens with zero attached hydrogens (tertiary/aromatic N) is 4. The summed E-state index contributed by atoms with van der Waals surface area (Å²) >= 11 is 0. The van der Waals surface area contributed by atoms with E-state index in [1.54, 1.807) is 6.20 Å². The fourth-order valence-electron chi connectivity index (χ4n) is 2.44. The van der Waals surface area contributed by atoms with Crippen molar-refractivity contribution >= 4 is 22.8 Å². The molecule has 1 saturated carbocycles. The minimum absolute atomic E-state index is 0.469. The van der Waals surface area contributed by atoms with Crippen LogP contribution in [0.5, 0.6) is 0 Å². The zero-order valence-electron chi connectivity index (χ0n) is 12.8. The molecule has 0 spiro atoms. The molecule has 0 radical (unpaired) electrons. The second-order valence-electron chi connectivity index (χ2n) is 5.68. The fraction of sp³-hybridized carbons (Fsp3) is 0.643. The third-order valence-corrected chi connectivity index (χ3v) is 4.03. The molecule has 0 aliphatic heterocycles. The van der Waals surface area contributed by atoms with E-state index in [4.69, 9.17) is 0 Å². The quantitative estimate of drug-likeness (QED) is 0.719. The van der Waals surface area contributed by atoms with Gasteiger partial charge in [0.15, 0.2) is 5.65 Å². The van der Waals surface area contributed by atoms with Gasteiger partial charge in [-0.05, 0) is 33.7 Å². The number of nitrogens with one attached hydrogen (secondary N) is 3. The van der Waals surface area contributed by atoms with Crippen LogP contribution < -0.4 is 10.6 Å². The average Bonchev–Trinajstić information content (AvgIpc) is 3.22. The smallest absolute Gasteiger partial charge is 0.226 e. The molecule has 2 aromatic rings. The van der Waals surface area contributed by atoms with Gasteiger partial charge in [0.25, 0.3) is 0 Å². The highest BCUT2D eigenvalue weighted by molar-refractivity contribution is 5.86. The highest BCUT2D eigenvalue weighted by Crippen LogP contribution is 2.27. The van der Waals surface area contributed by atoms with Crippen molar-refractivity contribution in [2.45, 2.75) is 38.8 Å². The Labute approximate surface area is 124 Å². The number of rotatable bonds is 7. The lowest BCUT2D eigenvalue weighted by Crippen LogP contribution is -2.36. The predicted molar refractivity (Wildman–Crippen MR) is 84.6 cm³/mol. The molecule has 0 bridgehead atoms. The molecule has 3 N–H and O–H groups in total. The SMILES string of the molecule is CCNc1nc(NCC(C)N(C)C2CC2)c2cn[nH]c2n1. The molecule has 2 heterocycles. The monoisotopic (exact) mass is 289 g/mol. The Morgan fingerprint density at radius 3 is 2.90 bits per heavy atom. The van der Waals surface area contributed by atoms with Crippen LogP contribution >= 0.6 is 0 Å². The van der Waals surface area contributed by atoms with Gasteiger partial charge in [0.2, 0.25) is 5.95 Å². The first kappa shape index (κ1) is 14.1. The number of aromatic nitrogens is 4. The first-order valence-corrected chi connectivity index (χ1v) is 7.59. The molecule has 7 nitrogen and oxygen atoms in total. The first-order chi connectivity index (χ1) is 10.2. The Morgan fingerprint density at radius 2 is 2.19 bits per heavy atom. The van der Waals surface area contributed by atoms with Gasteiger partial charge in [0.05, 0.1) is 11.6 Å². The maximum atomic E-state index is 4.54. The van der Waals surface area contributed by atoms with Gasteiger partial charge in [-0.3, -0.25) is 10.00 Å². The summed E-state index contributed by atoms with van der Waals surface area (Å²) in [5.74, 6) is 1.46. The molecular formula is C14H23N7. The molecule has 3 rings (SSSR count). The van der Waals surface area contributed by atoms with E-state index in [-0.39, 0.29) is 0 Å². The van der Waals surface area contributed by atoms with E-state index in [0.717, 1.165) is 36.0 Å². The molecule has 7 heteroatoms. The van der Waals surface area contributed by atoms with Gasteiger partial charge < -0.3 is 10.6 Å².